The molecule has 0 bridgehead atoms. The molecule has 1 aromatic heterocycles. The first-order valence-electron chi connectivity index (χ1n) is 8.42. The monoisotopic (exact) mass is 303 g/mol. The summed E-state index contributed by atoms with van der Waals surface area (Å²) in [7, 11) is 0. The summed E-state index contributed by atoms with van der Waals surface area (Å²) in [6, 6.07) is 0. The van der Waals surface area contributed by atoms with Gasteiger partial charge in [0.05, 0.1) is 17.8 Å². The maximum Gasteiger partial charge on any atom is 0.407 e. The molecule has 2 heterocycles. The quantitative estimate of drug-likeness (QED) is 0.867. The Balaban J connectivity index is 1.82. The minimum absolute atomic E-state index is 0.0483. The summed E-state index contributed by atoms with van der Waals surface area (Å²) >= 11 is 0. The van der Waals surface area contributed by atoms with Crippen molar-refractivity contribution in [2.24, 2.45) is 5.92 Å². The van der Waals surface area contributed by atoms with Crippen LogP contribution in [0.5, 0.6) is 0 Å². The van der Waals surface area contributed by atoms with Crippen LogP contribution in [0.25, 0.3) is 0 Å². The van der Waals surface area contributed by atoms with Crippen molar-refractivity contribution in [3.8, 4) is 0 Å². The third-order valence-corrected chi connectivity index (χ3v) is 5.84. The molecule has 3 aliphatic rings. The number of carbonyl (C=O) groups is 1. The van der Waals surface area contributed by atoms with Crippen LogP contribution in [0.1, 0.15) is 63.4 Å². The first-order valence-corrected chi connectivity index (χ1v) is 8.42. The molecule has 2 saturated carbocycles. The molecule has 0 saturated heterocycles. The summed E-state index contributed by atoms with van der Waals surface area (Å²) in [5.41, 5.74) is 3.95. The smallest absolute Gasteiger partial charge is 0.407 e. The van der Waals surface area contributed by atoms with Gasteiger partial charge in [0.2, 0.25) is 0 Å². The van der Waals surface area contributed by atoms with Gasteiger partial charge in [-0.25, -0.2) is 4.79 Å². The molecule has 2 atom stereocenters. The summed E-state index contributed by atoms with van der Waals surface area (Å²) in [5.74, 6) is 0.792. The number of carboxylic acid groups (broad SMARTS) is 1. The summed E-state index contributed by atoms with van der Waals surface area (Å²) in [5, 5.41) is 14.4. The Labute approximate surface area is 131 Å². The van der Waals surface area contributed by atoms with Crippen molar-refractivity contribution in [1.29, 1.82) is 0 Å². The minimum Gasteiger partial charge on any atom is -0.465 e. The van der Waals surface area contributed by atoms with E-state index in [2.05, 4.69) is 25.5 Å². The van der Waals surface area contributed by atoms with Gasteiger partial charge < -0.3 is 10.0 Å². The molecule has 1 aromatic rings. The van der Waals surface area contributed by atoms with E-state index in [0.29, 0.717) is 13.1 Å². The highest BCUT2D eigenvalue weighted by molar-refractivity contribution is 5.65. The lowest BCUT2D eigenvalue weighted by Crippen LogP contribution is -2.37. The summed E-state index contributed by atoms with van der Waals surface area (Å²) in [6.45, 7) is 7.66. The number of nitrogens with zero attached hydrogens (tertiary/aromatic N) is 3. The van der Waals surface area contributed by atoms with E-state index in [1.165, 1.54) is 42.6 Å². The van der Waals surface area contributed by atoms with Gasteiger partial charge in [0.1, 0.15) is 0 Å². The highest BCUT2D eigenvalue weighted by atomic mass is 16.4. The van der Waals surface area contributed by atoms with E-state index >= 15 is 0 Å². The van der Waals surface area contributed by atoms with Gasteiger partial charge in [-0.3, -0.25) is 4.68 Å². The van der Waals surface area contributed by atoms with Crippen molar-refractivity contribution < 1.29 is 9.90 Å². The molecule has 5 heteroatoms. The lowest BCUT2D eigenvalue weighted by Gasteiger charge is -2.28. The molecule has 1 aliphatic heterocycles. The van der Waals surface area contributed by atoms with Crippen molar-refractivity contribution >= 4 is 6.09 Å². The van der Waals surface area contributed by atoms with E-state index in [1.54, 1.807) is 4.90 Å². The van der Waals surface area contributed by atoms with Crippen LogP contribution in [0, 0.1) is 5.92 Å². The fourth-order valence-corrected chi connectivity index (χ4v) is 4.67. The molecule has 1 N–H and O–H groups in total. The van der Waals surface area contributed by atoms with E-state index < -0.39 is 6.09 Å². The third kappa shape index (κ3) is 1.83. The van der Waals surface area contributed by atoms with E-state index in [4.69, 9.17) is 5.10 Å². The fraction of sp³-hybridized carbons (Fsp3) is 0.765. The molecule has 4 rings (SSSR count). The van der Waals surface area contributed by atoms with Crippen molar-refractivity contribution in [2.75, 3.05) is 6.54 Å². The van der Waals surface area contributed by atoms with Crippen LogP contribution < -0.4 is 0 Å². The van der Waals surface area contributed by atoms with Gasteiger partial charge in [-0.2, -0.15) is 5.10 Å². The van der Waals surface area contributed by atoms with Gasteiger partial charge in [0, 0.05) is 29.6 Å². The lowest BCUT2D eigenvalue weighted by atomic mass is 9.92. The Kier molecular flexibility index (Phi) is 2.73. The van der Waals surface area contributed by atoms with Gasteiger partial charge in [0.25, 0.3) is 0 Å². The van der Waals surface area contributed by atoms with Crippen molar-refractivity contribution in [3.05, 3.63) is 17.0 Å². The summed E-state index contributed by atoms with van der Waals surface area (Å²) in [6.07, 6.45) is 5.08. The van der Waals surface area contributed by atoms with Crippen LogP contribution in [0.2, 0.25) is 0 Å². The second-order valence-electron chi connectivity index (χ2n) is 8.26. The fourth-order valence-electron chi connectivity index (χ4n) is 4.67. The SMILES string of the molecule is CC(C)(C)n1nc(C23CCCC2C3)c2c1CCN(C(=O)O)C2. The van der Waals surface area contributed by atoms with E-state index in [-0.39, 0.29) is 11.0 Å². The largest absolute Gasteiger partial charge is 0.465 e. The van der Waals surface area contributed by atoms with Crippen LogP contribution in [-0.2, 0) is 23.9 Å². The zero-order valence-electron chi connectivity index (χ0n) is 13.7. The Morgan fingerprint density at radius 2 is 2.18 bits per heavy atom. The highest BCUT2D eigenvalue weighted by Crippen LogP contribution is 2.65. The Morgan fingerprint density at radius 3 is 2.73 bits per heavy atom. The topological polar surface area (TPSA) is 58.4 Å². The molecule has 22 heavy (non-hydrogen) atoms. The van der Waals surface area contributed by atoms with E-state index in [9.17, 15) is 9.90 Å². The van der Waals surface area contributed by atoms with Crippen molar-refractivity contribution in [1.82, 2.24) is 14.7 Å². The number of aromatic nitrogens is 2. The Bertz CT molecular complexity index is 643. The maximum absolute atomic E-state index is 11.4. The molecule has 120 valence electrons. The van der Waals surface area contributed by atoms with Crippen molar-refractivity contribution in [3.63, 3.8) is 0 Å². The Morgan fingerprint density at radius 1 is 1.41 bits per heavy atom. The molecule has 5 nitrogen and oxygen atoms in total. The predicted octanol–water partition coefficient (Wildman–Crippen LogP) is 3.12. The summed E-state index contributed by atoms with van der Waals surface area (Å²) in [4.78, 5) is 12.9. The first kappa shape index (κ1) is 14.1. The van der Waals surface area contributed by atoms with Gasteiger partial charge in [-0.05, 0) is 46.0 Å². The van der Waals surface area contributed by atoms with Gasteiger partial charge >= 0.3 is 6.09 Å². The second-order valence-corrected chi connectivity index (χ2v) is 8.26. The van der Waals surface area contributed by atoms with E-state index in [0.717, 1.165) is 12.3 Å². The zero-order chi connectivity index (χ0) is 15.7. The van der Waals surface area contributed by atoms with Crippen LogP contribution in [0.3, 0.4) is 0 Å². The van der Waals surface area contributed by atoms with Gasteiger partial charge in [0.15, 0.2) is 0 Å². The molecular weight excluding hydrogens is 278 g/mol. The predicted molar refractivity (Wildman–Crippen MR) is 83.0 cm³/mol. The van der Waals surface area contributed by atoms with Crippen LogP contribution in [-0.4, -0.2) is 32.4 Å². The lowest BCUT2D eigenvalue weighted by molar-refractivity contribution is 0.138. The summed E-state index contributed by atoms with van der Waals surface area (Å²) < 4.78 is 2.18. The van der Waals surface area contributed by atoms with Crippen LogP contribution in [0.4, 0.5) is 4.79 Å². The number of hydrogen-bond donors (Lipinski definition) is 1. The number of fused-ring (bicyclic) bond motifs is 2. The molecule has 0 radical (unpaired) electrons. The molecule has 2 unspecified atom stereocenters. The highest BCUT2D eigenvalue weighted by Gasteiger charge is 2.60. The van der Waals surface area contributed by atoms with E-state index in [1.807, 2.05) is 0 Å². The average molecular weight is 303 g/mol. The number of rotatable bonds is 1. The molecule has 2 aliphatic carbocycles. The Hall–Kier alpha value is -1.52. The second kappa shape index (κ2) is 4.27. The first-order chi connectivity index (χ1) is 10.3. The molecule has 1 amide bonds. The zero-order valence-corrected chi connectivity index (χ0v) is 13.7. The molecule has 0 aromatic carbocycles. The van der Waals surface area contributed by atoms with Gasteiger partial charge in [-0.15, -0.1) is 0 Å². The minimum atomic E-state index is -0.809. The van der Waals surface area contributed by atoms with Crippen LogP contribution in [0.15, 0.2) is 0 Å². The van der Waals surface area contributed by atoms with Gasteiger partial charge in [-0.1, -0.05) is 6.42 Å². The molecular formula is C17H25N3O2. The van der Waals surface area contributed by atoms with Crippen molar-refractivity contribution in [2.45, 2.75) is 70.4 Å². The molecule has 0 spiro atoms. The maximum atomic E-state index is 11.4. The standard InChI is InChI=1S/C17H25N3O2/c1-16(2,3)20-13-6-8-19(15(21)22)10-12(13)14(18-20)17-7-4-5-11(17)9-17/h11H,4-10H2,1-3H3,(H,21,22). The number of hydrogen-bond acceptors (Lipinski definition) is 2. The molecule has 2 fully saturated rings. The average Bonchev–Trinajstić information content (AvgIpc) is 2.83. The van der Waals surface area contributed by atoms with Crippen LogP contribution >= 0.6 is 0 Å². The third-order valence-electron chi connectivity index (χ3n) is 5.84. The number of amides is 1. The normalized spacial score (nSPS) is 30.1.